The van der Waals surface area contributed by atoms with Crippen molar-refractivity contribution in [2.45, 2.75) is 18.9 Å². The molecule has 3 aromatic carbocycles. The Kier molecular flexibility index (Phi) is 5.30. The third kappa shape index (κ3) is 3.72. The molecule has 5 rings (SSSR count). The number of hydrogen-bond acceptors (Lipinski definition) is 5. The number of aromatic hydroxyl groups is 1. The van der Waals surface area contributed by atoms with Crippen LogP contribution in [0.15, 0.2) is 72.3 Å². The molecule has 0 aromatic heterocycles. The quantitative estimate of drug-likeness (QED) is 0.326. The van der Waals surface area contributed by atoms with Crippen LogP contribution < -0.4 is 9.64 Å². The van der Waals surface area contributed by atoms with Gasteiger partial charge in [-0.05, 0) is 78.6 Å². The van der Waals surface area contributed by atoms with Gasteiger partial charge in [0.05, 0.1) is 18.2 Å². The van der Waals surface area contributed by atoms with E-state index in [-0.39, 0.29) is 17.1 Å². The van der Waals surface area contributed by atoms with Gasteiger partial charge >= 0.3 is 0 Å². The van der Waals surface area contributed by atoms with Gasteiger partial charge in [-0.3, -0.25) is 14.5 Å². The summed E-state index contributed by atoms with van der Waals surface area (Å²) in [6, 6.07) is 17.2. The van der Waals surface area contributed by atoms with E-state index >= 15 is 0 Å². The Hall–Kier alpha value is -3.77. The normalized spacial score (nSPS) is 19.3. The second kappa shape index (κ2) is 8.30. The first-order valence-electron chi connectivity index (χ1n) is 10.6. The number of aliphatic hydroxyl groups is 1. The van der Waals surface area contributed by atoms with Crippen molar-refractivity contribution in [3.63, 3.8) is 0 Å². The highest BCUT2D eigenvalue weighted by Crippen LogP contribution is 2.43. The summed E-state index contributed by atoms with van der Waals surface area (Å²) in [5.41, 5.74) is 2.41. The van der Waals surface area contributed by atoms with E-state index in [0.717, 1.165) is 24.2 Å². The van der Waals surface area contributed by atoms with E-state index in [1.54, 1.807) is 54.6 Å². The molecular weight excluding hydrogens is 442 g/mol. The van der Waals surface area contributed by atoms with Crippen molar-refractivity contribution in [3.05, 3.63) is 94.0 Å². The minimum Gasteiger partial charge on any atom is -0.508 e. The van der Waals surface area contributed by atoms with Crippen LogP contribution in [-0.2, 0) is 16.0 Å². The highest BCUT2D eigenvalue weighted by molar-refractivity contribution is 6.51. The van der Waals surface area contributed by atoms with Crippen LogP contribution in [0.25, 0.3) is 5.76 Å². The number of benzene rings is 3. The molecule has 0 aliphatic carbocycles. The Morgan fingerprint density at radius 2 is 1.73 bits per heavy atom. The molecule has 1 fully saturated rings. The number of carbonyl (C=O) groups excluding carboxylic acids is 2. The summed E-state index contributed by atoms with van der Waals surface area (Å²) in [6.07, 6.45) is 1.67. The van der Waals surface area contributed by atoms with Gasteiger partial charge in [-0.15, -0.1) is 0 Å². The van der Waals surface area contributed by atoms with Crippen LogP contribution in [-0.4, -0.2) is 28.5 Å². The molecule has 0 radical (unpaired) electrons. The lowest BCUT2D eigenvalue weighted by molar-refractivity contribution is -0.132. The van der Waals surface area contributed by atoms with E-state index in [0.29, 0.717) is 28.4 Å². The zero-order chi connectivity index (χ0) is 23.1. The number of hydrogen-bond donors (Lipinski definition) is 2. The molecule has 1 saturated heterocycles. The standard InChI is InChI=1S/C26H20ClNO5/c27-18-6-8-19(9-7-18)28-23(15-3-10-20(29)11-4-15)22(25(31)26(28)32)24(30)17-5-12-21-16(14-17)2-1-13-33-21/h3-12,14,23,29-30H,1-2,13H2/b24-22-. The lowest BCUT2D eigenvalue weighted by atomic mass is 9.94. The lowest BCUT2D eigenvalue weighted by Gasteiger charge is -2.25. The van der Waals surface area contributed by atoms with Crippen molar-refractivity contribution in [3.8, 4) is 11.5 Å². The molecule has 2 heterocycles. The first-order chi connectivity index (χ1) is 15.9. The van der Waals surface area contributed by atoms with E-state index in [9.17, 15) is 19.8 Å². The highest BCUT2D eigenvalue weighted by atomic mass is 35.5. The van der Waals surface area contributed by atoms with Crippen LogP contribution in [0.4, 0.5) is 5.69 Å². The van der Waals surface area contributed by atoms with Crippen molar-refractivity contribution in [1.29, 1.82) is 0 Å². The molecule has 2 aliphatic rings. The number of aryl methyl sites for hydroxylation is 1. The molecule has 2 N–H and O–H groups in total. The molecule has 6 nitrogen and oxygen atoms in total. The van der Waals surface area contributed by atoms with Crippen molar-refractivity contribution in [1.82, 2.24) is 0 Å². The predicted octanol–water partition coefficient (Wildman–Crippen LogP) is 5.00. The maximum atomic E-state index is 13.2. The second-order valence-corrected chi connectivity index (χ2v) is 8.45. The first kappa shape index (κ1) is 21.1. The Bertz CT molecular complexity index is 1280. The monoisotopic (exact) mass is 461 g/mol. The number of rotatable bonds is 3. The fourth-order valence-electron chi connectivity index (χ4n) is 4.34. The Morgan fingerprint density at radius 1 is 1.00 bits per heavy atom. The van der Waals surface area contributed by atoms with E-state index in [1.807, 2.05) is 0 Å². The van der Waals surface area contributed by atoms with E-state index < -0.39 is 17.7 Å². The molecule has 2 aliphatic heterocycles. The predicted molar refractivity (Wildman–Crippen MR) is 125 cm³/mol. The number of Topliss-reactive ketones (excluding diaryl/α,β-unsaturated/α-hetero) is 1. The van der Waals surface area contributed by atoms with Gasteiger partial charge in [0, 0.05) is 16.3 Å². The van der Waals surface area contributed by atoms with Crippen LogP contribution in [0.2, 0.25) is 5.02 Å². The van der Waals surface area contributed by atoms with E-state index in [4.69, 9.17) is 16.3 Å². The third-order valence-corrected chi connectivity index (χ3v) is 6.19. The third-order valence-electron chi connectivity index (χ3n) is 5.94. The van der Waals surface area contributed by atoms with E-state index in [1.165, 1.54) is 17.0 Å². The molecule has 1 unspecified atom stereocenters. The average Bonchev–Trinajstić information content (AvgIpc) is 3.10. The van der Waals surface area contributed by atoms with Gasteiger partial charge in [0.25, 0.3) is 11.7 Å². The molecule has 1 atom stereocenters. The highest BCUT2D eigenvalue weighted by Gasteiger charge is 2.47. The summed E-state index contributed by atoms with van der Waals surface area (Å²) in [7, 11) is 0. The van der Waals surface area contributed by atoms with Crippen molar-refractivity contribution in [2.24, 2.45) is 0 Å². The Morgan fingerprint density at radius 3 is 2.45 bits per heavy atom. The number of ketones is 1. The van der Waals surface area contributed by atoms with Gasteiger partial charge in [0.1, 0.15) is 17.3 Å². The summed E-state index contributed by atoms with van der Waals surface area (Å²) in [5, 5.41) is 21.5. The largest absolute Gasteiger partial charge is 0.508 e. The maximum absolute atomic E-state index is 13.2. The summed E-state index contributed by atoms with van der Waals surface area (Å²) in [4.78, 5) is 27.7. The summed E-state index contributed by atoms with van der Waals surface area (Å²) >= 11 is 6.01. The molecule has 33 heavy (non-hydrogen) atoms. The van der Waals surface area contributed by atoms with Gasteiger partial charge < -0.3 is 14.9 Å². The first-order valence-corrected chi connectivity index (χ1v) is 10.9. The zero-order valence-corrected chi connectivity index (χ0v) is 18.2. The smallest absolute Gasteiger partial charge is 0.300 e. The molecular formula is C26H20ClNO5. The van der Waals surface area contributed by atoms with Gasteiger partial charge in [-0.1, -0.05) is 23.7 Å². The van der Waals surface area contributed by atoms with Crippen LogP contribution in [0.5, 0.6) is 11.5 Å². The maximum Gasteiger partial charge on any atom is 0.300 e. The molecule has 1 amide bonds. The number of halogens is 1. The number of fused-ring (bicyclic) bond motifs is 1. The fourth-order valence-corrected chi connectivity index (χ4v) is 4.46. The van der Waals surface area contributed by atoms with Crippen LogP contribution in [0.3, 0.4) is 0 Å². The molecule has 3 aromatic rings. The SMILES string of the molecule is O=C1C(=O)N(c2ccc(Cl)cc2)C(c2ccc(O)cc2)/C1=C(/O)c1ccc2c(c1)CCCO2. The summed E-state index contributed by atoms with van der Waals surface area (Å²) < 4.78 is 5.65. The number of amides is 1. The van der Waals surface area contributed by atoms with Crippen molar-refractivity contribution >= 4 is 34.7 Å². The summed E-state index contributed by atoms with van der Waals surface area (Å²) in [5.74, 6) is -0.976. The average molecular weight is 462 g/mol. The van der Waals surface area contributed by atoms with Gasteiger partial charge in [-0.2, -0.15) is 0 Å². The lowest BCUT2D eigenvalue weighted by Crippen LogP contribution is -2.29. The van der Waals surface area contributed by atoms with Gasteiger partial charge in [0.2, 0.25) is 0 Å². The topological polar surface area (TPSA) is 87.1 Å². The number of phenols is 1. The van der Waals surface area contributed by atoms with Crippen LogP contribution in [0.1, 0.15) is 29.2 Å². The second-order valence-electron chi connectivity index (χ2n) is 8.01. The number of nitrogens with zero attached hydrogens (tertiary/aromatic N) is 1. The molecule has 0 saturated carbocycles. The minimum atomic E-state index is -0.876. The Balaban J connectivity index is 1.68. The number of phenolic OH excluding ortho intramolecular Hbond substituents is 1. The van der Waals surface area contributed by atoms with Crippen molar-refractivity contribution < 1.29 is 24.5 Å². The van der Waals surface area contributed by atoms with Gasteiger partial charge in [-0.25, -0.2) is 0 Å². The Labute approximate surface area is 195 Å². The number of ether oxygens (including phenoxy) is 1. The zero-order valence-electron chi connectivity index (χ0n) is 17.5. The number of carbonyl (C=O) groups is 2. The van der Waals surface area contributed by atoms with Crippen molar-refractivity contribution in [2.75, 3.05) is 11.5 Å². The molecule has 7 heteroatoms. The van der Waals surface area contributed by atoms with Crippen LogP contribution >= 0.6 is 11.6 Å². The molecule has 0 bridgehead atoms. The number of anilines is 1. The molecule has 166 valence electrons. The van der Waals surface area contributed by atoms with Crippen LogP contribution in [0, 0.1) is 0 Å². The van der Waals surface area contributed by atoms with E-state index in [2.05, 4.69) is 0 Å². The minimum absolute atomic E-state index is 0.0164. The summed E-state index contributed by atoms with van der Waals surface area (Å²) in [6.45, 7) is 0.644. The van der Waals surface area contributed by atoms with Gasteiger partial charge in [0.15, 0.2) is 0 Å². The fraction of sp³-hybridized carbons (Fsp3) is 0.154. The number of aliphatic hydroxyl groups excluding tert-OH is 1. The molecule has 0 spiro atoms.